The van der Waals surface area contributed by atoms with Gasteiger partial charge in [-0.05, 0) is 56.0 Å². The van der Waals surface area contributed by atoms with Crippen molar-refractivity contribution >= 4 is 23.4 Å². The van der Waals surface area contributed by atoms with E-state index in [0.29, 0.717) is 18.1 Å². The maximum absolute atomic E-state index is 13.3. The van der Waals surface area contributed by atoms with Crippen LogP contribution in [0, 0.1) is 13.8 Å². The van der Waals surface area contributed by atoms with E-state index in [1.54, 1.807) is 9.58 Å². The van der Waals surface area contributed by atoms with E-state index in [4.69, 9.17) is 5.10 Å². The van der Waals surface area contributed by atoms with Crippen molar-refractivity contribution in [3.8, 4) is 16.9 Å². The molecule has 0 saturated carbocycles. The fourth-order valence-corrected chi connectivity index (χ4v) is 4.43. The highest BCUT2D eigenvalue weighted by Gasteiger charge is 2.20. The lowest BCUT2D eigenvalue weighted by Gasteiger charge is -2.22. The second kappa shape index (κ2) is 12.9. The molecule has 0 spiro atoms. The Hall–Kier alpha value is -4.39. The van der Waals surface area contributed by atoms with E-state index in [1.807, 2.05) is 86.6 Å². The molecule has 202 valence electrons. The molecule has 1 heterocycles. The zero-order valence-electron chi connectivity index (χ0n) is 23.2. The minimum Gasteiger partial charge on any atom is -0.315 e. The average Bonchev–Trinajstić information content (AvgIpc) is 3.35. The Bertz CT molecular complexity index is 1410. The van der Waals surface area contributed by atoms with Crippen molar-refractivity contribution in [2.45, 2.75) is 47.0 Å². The van der Waals surface area contributed by atoms with Gasteiger partial charge in [-0.25, -0.2) is 9.48 Å². The van der Waals surface area contributed by atoms with Crippen LogP contribution in [0.25, 0.3) is 16.9 Å². The highest BCUT2D eigenvalue weighted by atomic mass is 16.2. The molecule has 0 saturated heterocycles. The van der Waals surface area contributed by atoms with Crippen molar-refractivity contribution in [1.29, 1.82) is 0 Å². The summed E-state index contributed by atoms with van der Waals surface area (Å²) in [5.74, 6) is 0.268. The second-order valence-electron chi connectivity index (χ2n) is 9.79. The summed E-state index contributed by atoms with van der Waals surface area (Å²) >= 11 is 0. The van der Waals surface area contributed by atoms with E-state index in [0.717, 1.165) is 47.3 Å². The topological polar surface area (TPSA) is 79.3 Å². The normalized spacial score (nSPS) is 10.8. The summed E-state index contributed by atoms with van der Waals surface area (Å²) in [7, 11) is 0. The first kappa shape index (κ1) is 27.6. The first-order valence-corrected chi connectivity index (χ1v) is 13.6. The summed E-state index contributed by atoms with van der Waals surface area (Å²) < 4.78 is 1.76. The van der Waals surface area contributed by atoms with E-state index >= 15 is 0 Å². The largest absolute Gasteiger partial charge is 0.322 e. The molecular formula is C32H37N5O2. The Morgan fingerprint density at radius 1 is 0.897 bits per heavy atom. The van der Waals surface area contributed by atoms with Crippen LogP contribution in [-0.2, 0) is 11.2 Å². The number of unbranched alkanes of at least 4 members (excludes halogenated alkanes) is 1. The van der Waals surface area contributed by atoms with Crippen molar-refractivity contribution < 1.29 is 9.59 Å². The molecule has 0 radical (unpaired) electrons. The van der Waals surface area contributed by atoms with E-state index in [9.17, 15) is 9.59 Å². The number of urea groups is 1. The summed E-state index contributed by atoms with van der Waals surface area (Å²) in [5, 5.41) is 10.8. The Morgan fingerprint density at radius 3 is 2.31 bits per heavy atom. The number of carbonyl (C=O) groups excluding carboxylic acids is 2. The molecule has 0 atom stereocenters. The van der Waals surface area contributed by atoms with Crippen LogP contribution in [0.4, 0.5) is 16.3 Å². The molecule has 3 aromatic carbocycles. The fourth-order valence-electron chi connectivity index (χ4n) is 4.43. The van der Waals surface area contributed by atoms with Gasteiger partial charge in [0.1, 0.15) is 12.4 Å². The Labute approximate surface area is 230 Å². The van der Waals surface area contributed by atoms with Gasteiger partial charge in [0.15, 0.2) is 0 Å². The van der Waals surface area contributed by atoms with Crippen LogP contribution in [0.2, 0.25) is 0 Å². The van der Waals surface area contributed by atoms with Crippen LogP contribution >= 0.6 is 0 Å². The number of aromatic nitrogens is 2. The molecular weight excluding hydrogens is 486 g/mol. The number of hydrogen-bond acceptors (Lipinski definition) is 3. The number of anilines is 2. The number of carbonyl (C=O) groups is 2. The molecule has 0 unspecified atom stereocenters. The first-order valence-electron chi connectivity index (χ1n) is 13.6. The molecule has 3 amide bonds. The molecule has 0 fully saturated rings. The van der Waals surface area contributed by atoms with E-state index in [1.165, 1.54) is 5.56 Å². The summed E-state index contributed by atoms with van der Waals surface area (Å²) in [6.07, 6.45) is 2.65. The van der Waals surface area contributed by atoms with Gasteiger partial charge in [0.05, 0.1) is 11.4 Å². The number of rotatable bonds is 10. The third-order valence-corrected chi connectivity index (χ3v) is 6.64. The molecule has 0 aliphatic heterocycles. The fraction of sp³-hybridized carbons (Fsp3) is 0.281. The third kappa shape index (κ3) is 7.13. The van der Waals surface area contributed by atoms with Gasteiger partial charge in [-0.1, -0.05) is 80.4 Å². The van der Waals surface area contributed by atoms with E-state index in [-0.39, 0.29) is 18.5 Å². The smallest absolute Gasteiger partial charge is 0.315 e. The zero-order chi connectivity index (χ0) is 27.8. The monoisotopic (exact) mass is 523 g/mol. The maximum Gasteiger partial charge on any atom is 0.322 e. The number of amides is 3. The van der Waals surface area contributed by atoms with Gasteiger partial charge in [0.2, 0.25) is 5.91 Å². The highest BCUT2D eigenvalue weighted by Crippen LogP contribution is 2.26. The molecule has 0 bridgehead atoms. The molecule has 4 aromatic rings. The van der Waals surface area contributed by atoms with Crippen LogP contribution in [-0.4, -0.2) is 39.7 Å². The lowest BCUT2D eigenvalue weighted by Crippen LogP contribution is -2.41. The molecule has 4 rings (SSSR count). The Morgan fingerprint density at radius 2 is 1.64 bits per heavy atom. The highest BCUT2D eigenvalue weighted by molar-refractivity contribution is 5.97. The zero-order valence-corrected chi connectivity index (χ0v) is 23.2. The van der Waals surface area contributed by atoms with Gasteiger partial charge in [0, 0.05) is 23.9 Å². The molecule has 7 nitrogen and oxygen atoms in total. The summed E-state index contributed by atoms with van der Waals surface area (Å²) in [6, 6.07) is 25.3. The van der Waals surface area contributed by atoms with Crippen molar-refractivity contribution in [3.63, 3.8) is 0 Å². The van der Waals surface area contributed by atoms with Crippen LogP contribution < -0.4 is 10.6 Å². The van der Waals surface area contributed by atoms with Crippen molar-refractivity contribution in [2.24, 2.45) is 0 Å². The minimum atomic E-state index is -0.296. The van der Waals surface area contributed by atoms with Crippen molar-refractivity contribution in [1.82, 2.24) is 14.7 Å². The minimum absolute atomic E-state index is 0.0718. The molecule has 1 aromatic heterocycles. The van der Waals surface area contributed by atoms with Crippen molar-refractivity contribution in [3.05, 3.63) is 95.6 Å². The van der Waals surface area contributed by atoms with Crippen LogP contribution in [0.1, 0.15) is 43.4 Å². The molecule has 7 heteroatoms. The van der Waals surface area contributed by atoms with Gasteiger partial charge in [-0.15, -0.1) is 0 Å². The van der Waals surface area contributed by atoms with Gasteiger partial charge < -0.3 is 15.5 Å². The maximum atomic E-state index is 13.3. The Balaban J connectivity index is 1.56. The first-order chi connectivity index (χ1) is 18.9. The molecule has 39 heavy (non-hydrogen) atoms. The molecule has 0 aliphatic carbocycles. The number of hydrogen-bond donors (Lipinski definition) is 2. The Kier molecular flexibility index (Phi) is 9.15. The lowest BCUT2D eigenvalue weighted by atomic mass is 10.1. The third-order valence-electron chi connectivity index (χ3n) is 6.64. The lowest BCUT2D eigenvalue weighted by molar-refractivity contribution is -0.116. The van der Waals surface area contributed by atoms with Crippen LogP contribution in [0.3, 0.4) is 0 Å². The predicted molar refractivity (Wildman–Crippen MR) is 158 cm³/mol. The number of aryl methyl sites for hydroxylation is 3. The summed E-state index contributed by atoms with van der Waals surface area (Å²) in [6.45, 7) is 8.64. The van der Waals surface area contributed by atoms with Gasteiger partial charge in [0.25, 0.3) is 0 Å². The van der Waals surface area contributed by atoms with Crippen LogP contribution in [0.5, 0.6) is 0 Å². The number of nitrogens with one attached hydrogen (secondary N) is 2. The summed E-state index contributed by atoms with van der Waals surface area (Å²) in [5.41, 5.74) is 6.70. The number of benzene rings is 3. The van der Waals surface area contributed by atoms with Gasteiger partial charge in [-0.3, -0.25) is 4.79 Å². The molecule has 2 N–H and O–H groups in total. The van der Waals surface area contributed by atoms with E-state index < -0.39 is 0 Å². The molecule has 0 aliphatic rings. The number of nitrogens with zero attached hydrogens (tertiary/aromatic N) is 3. The van der Waals surface area contributed by atoms with Gasteiger partial charge >= 0.3 is 6.03 Å². The summed E-state index contributed by atoms with van der Waals surface area (Å²) in [4.78, 5) is 28.0. The van der Waals surface area contributed by atoms with Crippen LogP contribution in [0.15, 0.2) is 78.9 Å². The quantitative estimate of drug-likeness (QED) is 0.235. The standard InChI is InChI=1S/C32H37N5O2/c1-5-7-19-36(32(39)33-27-16-14-25(6-2)15-17-27)22-31(38)34-30-21-28(26-11-9-8-10-12-26)35-37(30)29-18-13-23(3)20-24(29)4/h8-18,20-21H,5-7,19,22H2,1-4H3,(H,33,39)(H,34,38). The van der Waals surface area contributed by atoms with Gasteiger partial charge in [-0.2, -0.15) is 5.10 Å². The van der Waals surface area contributed by atoms with E-state index in [2.05, 4.69) is 30.5 Å². The predicted octanol–water partition coefficient (Wildman–Crippen LogP) is 6.99. The second-order valence-corrected chi connectivity index (χ2v) is 9.79. The SMILES string of the molecule is CCCCN(CC(=O)Nc1cc(-c2ccccc2)nn1-c1ccc(C)cc1C)C(=O)Nc1ccc(CC)cc1. The average molecular weight is 524 g/mol. The van der Waals surface area contributed by atoms with Crippen molar-refractivity contribution in [2.75, 3.05) is 23.7 Å².